The maximum absolute atomic E-state index is 12.1. The summed E-state index contributed by atoms with van der Waals surface area (Å²) in [4.78, 5) is 33.0. The zero-order chi connectivity index (χ0) is 20.2. The van der Waals surface area contributed by atoms with Gasteiger partial charge in [-0.15, -0.1) is 0 Å². The predicted octanol–water partition coefficient (Wildman–Crippen LogP) is 3.64. The van der Waals surface area contributed by atoms with Crippen LogP contribution >= 0.6 is 11.9 Å². The van der Waals surface area contributed by atoms with E-state index < -0.39 is 5.24 Å². The summed E-state index contributed by atoms with van der Waals surface area (Å²) < 4.78 is 4.22. The number of hydrogen-bond acceptors (Lipinski definition) is 6. The first kappa shape index (κ1) is 18.6. The summed E-state index contributed by atoms with van der Waals surface area (Å²) in [7, 11) is 1.85. The molecule has 2 N–H and O–H groups in total. The lowest BCUT2D eigenvalue weighted by molar-refractivity contribution is 0.0984. The monoisotopic (exact) mass is 404 g/mol. The number of nitrogens with zero attached hydrogens (tertiary/aromatic N) is 4. The van der Waals surface area contributed by atoms with E-state index in [1.54, 1.807) is 53.5 Å². The highest BCUT2D eigenvalue weighted by molar-refractivity contribution is 8.12. The Balaban J connectivity index is 1.44. The van der Waals surface area contributed by atoms with Crippen molar-refractivity contribution in [3.8, 4) is 11.1 Å². The van der Waals surface area contributed by atoms with E-state index in [2.05, 4.69) is 25.1 Å². The van der Waals surface area contributed by atoms with Crippen LogP contribution in [0.25, 0.3) is 22.2 Å². The molecule has 29 heavy (non-hydrogen) atoms. The minimum atomic E-state index is -0.447. The molecule has 0 aliphatic carbocycles. The van der Waals surface area contributed by atoms with Crippen LogP contribution in [0.3, 0.4) is 0 Å². The van der Waals surface area contributed by atoms with Crippen LogP contribution < -0.4 is 10.0 Å². The van der Waals surface area contributed by atoms with Crippen molar-refractivity contribution in [2.75, 3.05) is 5.32 Å². The molecule has 2 amide bonds. The molecule has 0 unspecified atom stereocenters. The Labute approximate surface area is 170 Å². The van der Waals surface area contributed by atoms with Gasteiger partial charge in [0.15, 0.2) is 0 Å². The van der Waals surface area contributed by atoms with Gasteiger partial charge in [-0.2, -0.15) is 5.10 Å². The third kappa shape index (κ3) is 4.41. The van der Waals surface area contributed by atoms with Crippen LogP contribution in [0.2, 0.25) is 0 Å². The van der Waals surface area contributed by atoms with E-state index in [1.165, 1.54) is 0 Å². The van der Waals surface area contributed by atoms with Crippen molar-refractivity contribution < 1.29 is 9.59 Å². The number of nitrogens with one attached hydrogen (secondary N) is 2. The van der Waals surface area contributed by atoms with Gasteiger partial charge in [0.25, 0.3) is 5.91 Å². The number of aromatic nitrogens is 4. The van der Waals surface area contributed by atoms with Gasteiger partial charge in [0.1, 0.15) is 5.82 Å². The Morgan fingerprint density at radius 1 is 1.00 bits per heavy atom. The molecule has 0 radical (unpaired) electrons. The largest absolute Gasteiger partial charge is 0.305 e. The highest BCUT2D eigenvalue weighted by atomic mass is 32.2. The SMILES string of the molecule is Cn1cc(-c2cnc3ccc(NC(=O)SNC(=O)c4ccccc4)nc3c2)cn1. The van der Waals surface area contributed by atoms with Gasteiger partial charge in [-0.1, -0.05) is 18.2 Å². The number of carbonyl (C=O) groups is 2. The smallest absolute Gasteiger partial charge is 0.300 e. The van der Waals surface area contributed by atoms with E-state index in [0.717, 1.165) is 11.1 Å². The van der Waals surface area contributed by atoms with Crippen molar-refractivity contribution in [3.05, 3.63) is 72.7 Å². The third-order valence-corrected chi connectivity index (χ3v) is 4.65. The molecule has 0 fully saturated rings. The van der Waals surface area contributed by atoms with Crippen LogP contribution in [-0.4, -0.2) is 30.9 Å². The molecule has 4 aromatic rings. The topological polar surface area (TPSA) is 102 Å². The number of amides is 2. The molecule has 4 rings (SSSR count). The molecule has 0 bridgehead atoms. The lowest BCUT2D eigenvalue weighted by Gasteiger charge is -2.07. The average Bonchev–Trinajstić information content (AvgIpc) is 3.18. The summed E-state index contributed by atoms with van der Waals surface area (Å²) in [6.45, 7) is 0. The molecular formula is C20H16N6O2S. The van der Waals surface area contributed by atoms with Gasteiger partial charge >= 0.3 is 5.24 Å². The van der Waals surface area contributed by atoms with Crippen LogP contribution in [0.1, 0.15) is 10.4 Å². The lowest BCUT2D eigenvalue weighted by atomic mass is 10.1. The molecule has 144 valence electrons. The van der Waals surface area contributed by atoms with Crippen molar-refractivity contribution in [3.63, 3.8) is 0 Å². The maximum Gasteiger partial charge on any atom is 0.305 e. The van der Waals surface area contributed by atoms with Crippen LogP contribution in [0, 0.1) is 0 Å². The number of fused-ring (bicyclic) bond motifs is 1. The van der Waals surface area contributed by atoms with E-state index in [1.807, 2.05) is 25.4 Å². The molecule has 9 heteroatoms. The Kier molecular flexibility index (Phi) is 5.21. The number of rotatable bonds is 3. The van der Waals surface area contributed by atoms with Gasteiger partial charge in [0, 0.05) is 36.1 Å². The molecule has 1 aromatic carbocycles. The van der Waals surface area contributed by atoms with Gasteiger partial charge in [0.05, 0.1) is 29.2 Å². The predicted molar refractivity (Wildman–Crippen MR) is 112 cm³/mol. The molecule has 0 spiro atoms. The highest BCUT2D eigenvalue weighted by Gasteiger charge is 2.10. The lowest BCUT2D eigenvalue weighted by Crippen LogP contribution is -2.20. The summed E-state index contributed by atoms with van der Waals surface area (Å²) in [6.07, 6.45) is 5.40. The molecule has 0 saturated carbocycles. The minimum Gasteiger partial charge on any atom is -0.300 e. The number of hydrogen-bond donors (Lipinski definition) is 2. The fourth-order valence-electron chi connectivity index (χ4n) is 2.68. The zero-order valence-corrected chi connectivity index (χ0v) is 16.2. The van der Waals surface area contributed by atoms with Gasteiger partial charge < -0.3 is 0 Å². The van der Waals surface area contributed by atoms with E-state index in [0.29, 0.717) is 34.4 Å². The standard InChI is InChI=1S/C20H16N6O2S/c1-26-12-15(11-22-26)14-9-17-16(21-10-14)7-8-18(23-17)24-20(28)29-25-19(27)13-5-3-2-4-6-13/h2-12H,1H3,(H,25,27)(H,23,24,28). The minimum absolute atomic E-state index is 0.345. The Bertz CT molecular complexity index is 1190. The van der Waals surface area contributed by atoms with Gasteiger partial charge in [-0.3, -0.25) is 29.3 Å². The van der Waals surface area contributed by atoms with E-state index in [9.17, 15) is 9.59 Å². The molecule has 8 nitrogen and oxygen atoms in total. The summed E-state index contributed by atoms with van der Waals surface area (Å²) in [5.41, 5.74) is 3.64. The van der Waals surface area contributed by atoms with E-state index in [4.69, 9.17) is 0 Å². The number of aryl methyl sites for hydroxylation is 1. The second-order valence-electron chi connectivity index (χ2n) is 6.17. The summed E-state index contributed by atoms with van der Waals surface area (Å²) in [5, 5.41) is 6.37. The van der Waals surface area contributed by atoms with Gasteiger partial charge in [0.2, 0.25) is 0 Å². The number of benzene rings is 1. The fraction of sp³-hybridized carbons (Fsp3) is 0.0500. The van der Waals surface area contributed by atoms with E-state index >= 15 is 0 Å². The van der Waals surface area contributed by atoms with Crippen molar-refractivity contribution in [1.82, 2.24) is 24.5 Å². The summed E-state index contributed by atoms with van der Waals surface area (Å²) in [6, 6.07) is 14.0. The normalized spacial score (nSPS) is 10.7. The highest BCUT2D eigenvalue weighted by Crippen LogP contribution is 2.22. The Morgan fingerprint density at radius 2 is 1.83 bits per heavy atom. The molecule has 0 aliphatic heterocycles. The van der Waals surface area contributed by atoms with Crippen molar-refractivity contribution in [2.45, 2.75) is 0 Å². The molecule has 0 atom stereocenters. The van der Waals surface area contributed by atoms with Crippen molar-refractivity contribution >= 4 is 39.9 Å². The number of pyridine rings is 2. The number of carbonyl (C=O) groups excluding carboxylic acids is 2. The number of anilines is 1. The van der Waals surface area contributed by atoms with Crippen LogP contribution in [0.5, 0.6) is 0 Å². The van der Waals surface area contributed by atoms with E-state index in [-0.39, 0.29) is 5.91 Å². The van der Waals surface area contributed by atoms with Crippen LogP contribution in [-0.2, 0) is 7.05 Å². The maximum atomic E-state index is 12.1. The van der Waals surface area contributed by atoms with Crippen molar-refractivity contribution in [1.29, 1.82) is 0 Å². The average molecular weight is 404 g/mol. The Hall–Kier alpha value is -3.72. The summed E-state index contributed by atoms with van der Waals surface area (Å²) >= 11 is 0.666. The molecule has 0 saturated heterocycles. The Morgan fingerprint density at radius 3 is 2.59 bits per heavy atom. The fourth-order valence-corrected chi connectivity index (χ4v) is 3.13. The van der Waals surface area contributed by atoms with Crippen molar-refractivity contribution in [2.24, 2.45) is 7.05 Å². The second-order valence-corrected chi connectivity index (χ2v) is 6.95. The van der Waals surface area contributed by atoms with Gasteiger partial charge in [-0.25, -0.2) is 4.98 Å². The molecule has 0 aliphatic rings. The molecule has 3 heterocycles. The molecular weight excluding hydrogens is 388 g/mol. The first-order valence-corrected chi connectivity index (χ1v) is 9.49. The quantitative estimate of drug-likeness (QED) is 0.506. The molecule has 3 aromatic heterocycles. The first-order chi connectivity index (χ1) is 14.1. The second kappa shape index (κ2) is 8.11. The van der Waals surface area contributed by atoms with Gasteiger partial charge in [-0.05, 0) is 30.3 Å². The van der Waals surface area contributed by atoms with Crippen LogP contribution in [0.15, 0.2) is 67.1 Å². The summed E-state index contributed by atoms with van der Waals surface area (Å²) in [5.74, 6) is 0.0247. The third-order valence-electron chi connectivity index (χ3n) is 4.08. The first-order valence-electron chi connectivity index (χ1n) is 8.67. The van der Waals surface area contributed by atoms with Crippen LogP contribution in [0.4, 0.5) is 10.6 Å². The zero-order valence-electron chi connectivity index (χ0n) is 15.4.